The highest BCUT2D eigenvalue weighted by Crippen LogP contribution is 2.22. The van der Waals surface area contributed by atoms with Crippen molar-refractivity contribution in [3.63, 3.8) is 0 Å². The van der Waals surface area contributed by atoms with Crippen LogP contribution in [0.15, 0.2) is 33.5 Å². The Bertz CT molecular complexity index is 713. The predicted octanol–water partition coefficient (Wildman–Crippen LogP) is 1.18. The molecular weight excluding hydrogens is 252 g/mol. The van der Waals surface area contributed by atoms with Crippen molar-refractivity contribution >= 4 is 22.9 Å². The second-order valence-corrected chi connectivity index (χ2v) is 3.79. The Labute approximate surface area is 107 Å². The van der Waals surface area contributed by atoms with Gasteiger partial charge in [0.1, 0.15) is 11.3 Å². The second kappa shape index (κ2) is 4.93. The number of hydrogen-bond donors (Lipinski definition) is 0. The Morgan fingerprint density at radius 3 is 2.58 bits per heavy atom. The van der Waals surface area contributed by atoms with E-state index >= 15 is 0 Å². The van der Waals surface area contributed by atoms with Crippen molar-refractivity contribution in [1.82, 2.24) is 0 Å². The summed E-state index contributed by atoms with van der Waals surface area (Å²) in [6, 6.07) is 5.86. The number of fused-ring (bicyclic) bond motifs is 1. The number of benzene rings is 1. The topological polar surface area (TPSA) is 82.8 Å². The van der Waals surface area contributed by atoms with E-state index < -0.39 is 17.6 Å². The van der Waals surface area contributed by atoms with Crippen molar-refractivity contribution < 1.29 is 23.5 Å². The molecule has 0 N–H and O–H groups in total. The molecule has 19 heavy (non-hydrogen) atoms. The molecule has 0 unspecified atom stereocenters. The van der Waals surface area contributed by atoms with Crippen LogP contribution in [-0.4, -0.2) is 19.0 Å². The average molecular weight is 262 g/mol. The van der Waals surface area contributed by atoms with Crippen molar-refractivity contribution in [3.05, 3.63) is 40.2 Å². The van der Waals surface area contributed by atoms with Crippen molar-refractivity contribution in [2.45, 2.75) is 6.92 Å². The van der Waals surface area contributed by atoms with Gasteiger partial charge < -0.3 is 13.9 Å². The molecule has 0 saturated carbocycles. The zero-order valence-corrected chi connectivity index (χ0v) is 10.3. The lowest BCUT2D eigenvalue weighted by atomic mass is 10.1. The fourth-order valence-electron chi connectivity index (χ4n) is 1.60. The first-order chi connectivity index (χ1) is 9.01. The Hall–Kier alpha value is -2.63. The van der Waals surface area contributed by atoms with Crippen molar-refractivity contribution in [2.75, 3.05) is 7.11 Å². The molecule has 1 heterocycles. The predicted molar refractivity (Wildman–Crippen MR) is 64.9 cm³/mol. The summed E-state index contributed by atoms with van der Waals surface area (Å²) < 4.78 is 14.0. The van der Waals surface area contributed by atoms with Crippen LogP contribution in [0.3, 0.4) is 0 Å². The van der Waals surface area contributed by atoms with Gasteiger partial charge in [-0.1, -0.05) is 0 Å². The third kappa shape index (κ3) is 2.62. The second-order valence-electron chi connectivity index (χ2n) is 3.79. The summed E-state index contributed by atoms with van der Waals surface area (Å²) in [6.07, 6.45) is 0. The SMILES string of the molecule is COC(=O)C(=O)Oc1ccc2c(C)cc(=O)oc2c1. The molecular formula is C13H10O6. The highest BCUT2D eigenvalue weighted by atomic mass is 16.6. The summed E-state index contributed by atoms with van der Waals surface area (Å²) >= 11 is 0. The average Bonchev–Trinajstić information content (AvgIpc) is 2.36. The van der Waals surface area contributed by atoms with E-state index in [4.69, 9.17) is 9.15 Å². The van der Waals surface area contributed by atoms with E-state index in [1.165, 1.54) is 18.2 Å². The van der Waals surface area contributed by atoms with Crippen LogP contribution in [0.2, 0.25) is 0 Å². The Morgan fingerprint density at radius 1 is 1.16 bits per heavy atom. The molecule has 0 saturated heterocycles. The molecule has 0 aliphatic heterocycles. The van der Waals surface area contributed by atoms with E-state index in [-0.39, 0.29) is 11.3 Å². The molecule has 6 nitrogen and oxygen atoms in total. The monoisotopic (exact) mass is 262 g/mol. The van der Waals surface area contributed by atoms with Crippen LogP contribution in [0.5, 0.6) is 5.75 Å². The van der Waals surface area contributed by atoms with Crippen molar-refractivity contribution in [2.24, 2.45) is 0 Å². The van der Waals surface area contributed by atoms with Crippen molar-refractivity contribution in [1.29, 1.82) is 0 Å². The van der Waals surface area contributed by atoms with Gasteiger partial charge >= 0.3 is 17.6 Å². The normalized spacial score (nSPS) is 10.2. The van der Waals surface area contributed by atoms with Crippen LogP contribution in [0.1, 0.15) is 5.56 Å². The zero-order valence-electron chi connectivity index (χ0n) is 10.3. The summed E-state index contributed by atoms with van der Waals surface area (Å²) in [7, 11) is 1.08. The molecule has 0 aliphatic carbocycles. The largest absolute Gasteiger partial charge is 0.461 e. The van der Waals surface area contributed by atoms with Crippen LogP contribution in [0, 0.1) is 6.92 Å². The van der Waals surface area contributed by atoms with Gasteiger partial charge in [-0.3, -0.25) is 0 Å². The minimum Gasteiger partial charge on any atom is -0.461 e. The molecule has 0 amide bonds. The number of rotatable bonds is 1. The van der Waals surface area contributed by atoms with Gasteiger partial charge in [0.25, 0.3) is 0 Å². The lowest BCUT2D eigenvalue weighted by molar-refractivity contribution is -0.160. The maximum Gasteiger partial charge on any atom is 0.422 e. The van der Waals surface area contributed by atoms with Gasteiger partial charge in [-0.05, 0) is 24.6 Å². The molecule has 6 heteroatoms. The van der Waals surface area contributed by atoms with E-state index in [9.17, 15) is 14.4 Å². The van der Waals surface area contributed by atoms with Gasteiger partial charge in [0.2, 0.25) is 0 Å². The van der Waals surface area contributed by atoms with Gasteiger partial charge in [0.15, 0.2) is 0 Å². The molecule has 0 atom stereocenters. The Balaban J connectivity index is 2.39. The highest BCUT2D eigenvalue weighted by Gasteiger charge is 2.17. The molecule has 0 aliphatic rings. The van der Waals surface area contributed by atoms with E-state index in [0.717, 1.165) is 18.1 Å². The standard InChI is InChI=1S/C13H10O6/c1-7-5-11(14)19-10-6-8(3-4-9(7)10)18-13(16)12(15)17-2/h3-6H,1-2H3. The number of methoxy groups -OCH3 is 1. The van der Waals surface area contributed by atoms with Crippen molar-refractivity contribution in [3.8, 4) is 5.75 Å². The van der Waals surface area contributed by atoms with Crippen LogP contribution < -0.4 is 10.4 Å². The zero-order chi connectivity index (χ0) is 14.0. The Morgan fingerprint density at radius 2 is 1.89 bits per heavy atom. The quantitative estimate of drug-likeness (QED) is 0.332. The van der Waals surface area contributed by atoms with E-state index in [0.29, 0.717) is 0 Å². The number of hydrogen-bond acceptors (Lipinski definition) is 6. The fraction of sp³-hybridized carbons (Fsp3) is 0.154. The van der Waals surface area contributed by atoms with Crippen LogP contribution in [0.4, 0.5) is 0 Å². The maximum atomic E-state index is 11.2. The molecule has 0 radical (unpaired) electrons. The maximum absolute atomic E-state index is 11.2. The first-order valence-electron chi connectivity index (χ1n) is 5.36. The minimum atomic E-state index is -1.14. The van der Waals surface area contributed by atoms with Crippen LogP contribution >= 0.6 is 0 Å². The summed E-state index contributed by atoms with van der Waals surface area (Å²) in [5, 5.41) is 0.720. The number of aryl methyl sites for hydroxylation is 1. The summed E-state index contributed by atoms with van der Waals surface area (Å²) in [6.45, 7) is 1.76. The Kier molecular flexibility index (Phi) is 3.33. The minimum absolute atomic E-state index is 0.0941. The molecule has 2 aromatic rings. The number of ether oxygens (including phenoxy) is 2. The van der Waals surface area contributed by atoms with Gasteiger partial charge in [-0.25, -0.2) is 14.4 Å². The lowest BCUT2D eigenvalue weighted by Crippen LogP contribution is -2.21. The third-order valence-corrected chi connectivity index (χ3v) is 2.49. The molecule has 0 spiro atoms. The van der Waals surface area contributed by atoms with E-state index in [1.807, 2.05) is 0 Å². The first-order valence-corrected chi connectivity index (χ1v) is 5.36. The van der Waals surface area contributed by atoms with Gasteiger partial charge in [0.05, 0.1) is 7.11 Å². The molecule has 1 aromatic carbocycles. The van der Waals surface area contributed by atoms with E-state index in [2.05, 4.69) is 4.74 Å². The van der Waals surface area contributed by atoms with Gasteiger partial charge in [-0.2, -0.15) is 0 Å². The molecule has 1 aromatic heterocycles. The molecule has 0 bridgehead atoms. The van der Waals surface area contributed by atoms with Gasteiger partial charge in [0, 0.05) is 17.5 Å². The fourth-order valence-corrected chi connectivity index (χ4v) is 1.60. The molecule has 2 rings (SSSR count). The van der Waals surface area contributed by atoms with Crippen LogP contribution in [-0.2, 0) is 14.3 Å². The van der Waals surface area contributed by atoms with E-state index in [1.54, 1.807) is 13.0 Å². The number of esters is 2. The lowest BCUT2D eigenvalue weighted by Gasteiger charge is -2.04. The number of carbonyl (C=O) groups is 2. The molecule has 98 valence electrons. The third-order valence-electron chi connectivity index (χ3n) is 2.49. The summed E-state index contributed by atoms with van der Waals surface area (Å²) in [4.78, 5) is 33.4. The summed E-state index contributed by atoms with van der Waals surface area (Å²) in [5.41, 5.74) is 0.527. The highest BCUT2D eigenvalue weighted by molar-refractivity contribution is 6.30. The molecule has 0 fully saturated rings. The van der Waals surface area contributed by atoms with Crippen LogP contribution in [0.25, 0.3) is 11.0 Å². The first kappa shape index (κ1) is 12.8. The smallest absolute Gasteiger partial charge is 0.422 e. The number of carbonyl (C=O) groups excluding carboxylic acids is 2. The van der Waals surface area contributed by atoms with Gasteiger partial charge in [-0.15, -0.1) is 0 Å². The summed E-state index contributed by atoms with van der Waals surface area (Å²) in [5.74, 6) is -2.15.